The zero-order valence-corrected chi connectivity index (χ0v) is 9.63. The zero-order chi connectivity index (χ0) is 12.9. The Kier molecular flexibility index (Phi) is 4.81. The molecule has 0 aliphatic rings. The van der Waals surface area contributed by atoms with Crippen molar-refractivity contribution in [1.29, 1.82) is 0 Å². The van der Waals surface area contributed by atoms with E-state index in [9.17, 15) is 13.2 Å². The van der Waals surface area contributed by atoms with Gasteiger partial charge in [-0.25, -0.2) is 0 Å². The maximum atomic E-state index is 12.6. The highest BCUT2D eigenvalue weighted by Gasteiger charge is 2.41. The lowest BCUT2D eigenvalue weighted by Gasteiger charge is -2.22. The van der Waals surface area contributed by atoms with Crippen LogP contribution in [-0.4, -0.2) is 18.8 Å². The third kappa shape index (κ3) is 3.93. The standard InChI is InChI=1S/C12H16F3NO/c1-2-9-5-3-4-6-10(9)17-11(7-8-16)12(13,14)15/h3-6,11H,2,7-8,16H2,1H3. The predicted octanol–water partition coefficient (Wildman–Crippen LogP) is 2.91. The van der Waals surface area contributed by atoms with Crippen LogP contribution in [0.15, 0.2) is 24.3 Å². The Labute approximate surface area is 98.6 Å². The van der Waals surface area contributed by atoms with Crippen molar-refractivity contribution in [3.63, 3.8) is 0 Å². The van der Waals surface area contributed by atoms with E-state index in [-0.39, 0.29) is 18.7 Å². The molecule has 0 amide bonds. The molecule has 1 rings (SSSR count). The van der Waals surface area contributed by atoms with Crippen molar-refractivity contribution in [1.82, 2.24) is 0 Å². The summed E-state index contributed by atoms with van der Waals surface area (Å²) in [5, 5.41) is 0. The summed E-state index contributed by atoms with van der Waals surface area (Å²) in [7, 11) is 0. The molecule has 0 saturated heterocycles. The minimum absolute atomic E-state index is 0.0571. The number of hydrogen-bond donors (Lipinski definition) is 1. The van der Waals surface area contributed by atoms with E-state index in [0.717, 1.165) is 5.56 Å². The summed E-state index contributed by atoms with van der Waals surface area (Å²) in [6.07, 6.45) is -5.83. The van der Waals surface area contributed by atoms with Crippen LogP contribution in [0.25, 0.3) is 0 Å². The summed E-state index contributed by atoms with van der Waals surface area (Å²) in [6.45, 7) is 1.81. The lowest BCUT2D eigenvalue weighted by Crippen LogP contribution is -2.36. The first-order valence-electron chi connectivity index (χ1n) is 5.50. The van der Waals surface area contributed by atoms with Gasteiger partial charge in [0, 0.05) is 6.42 Å². The van der Waals surface area contributed by atoms with Crippen molar-refractivity contribution in [2.24, 2.45) is 5.73 Å². The average Bonchev–Trinajstić information content (AvgIpc) is 2.28. The molecule has 0 radical (unpaired) electrons. The van der Waals surface area contributed by atoms with Gasteiger partial charge in [-0.1, -0.05) is 25.1 Å². The van der Waals surface area contributed by atoms with E-state index in [1.54, 1.807) is 24.3 Å². The fourth-order valence-electron chi connectivity index (χ4n) is 1.50. The molecule has 1 aromatic carbocycles. The first-order valence-corrected chi connectivity index (χ1v) is 5.50. The number of nitrogens with two attached hydrogens (primary N) is 1. The molecule has 5 heteroatoms. The van der Waals surface area contributed by atoms with Crippen LogP contribution in [-0.2, 0) is 6.42 Å². The van der Waals surface area contributed by atoms with E-state index in [4.69, 9.17) is 10.5 Å². The molecule has 0 fully saturated rings. The second-order valence-electron chi connectivity index (χ2n) is 3.69. The molecule has 1 aromatic rings. The molecule has 0 aliphatic carbocycles. The van der Waals surface area contributed by atoms with Crippen molar-refractivity contribution >= 4 is 0 Å². The van der Waals surface area contributed by atoms with E-state index in [2.05, 4.69) is 0 Å². The van der Waals surface area contributed by atoms with Gasteiger partial charge in [-0.15, -0.1) is 0 Å². The monoisotopic (exact) mass is 247 g/mol. The lowest BCUT2D eigenvalue weighted by atomic mass is 10.1. The highest BCUT2D eigenvalue weighted by Crippen LogP contribution is 2.29. The molecule has 0 spiro atoms. The van der Waals surface area contributed by atoms with Crippen molar-refractivity contribution in [3.8, 4) is 5.75 Å². The van der Waals surface area contributed by atoms with Gasteiger partial charge in [0.2, 0.25) is 0 Å². The maximum absolute atomic E-state index is 12.6. The van der Waals surface area contributed by atoms with Gasteiger partial charge in [0.1, 0.15) is 5.75 Å². The Hall–Kier alpha value is -1.23. The fraction of sp³-hybridized carbons (Fsp3) is 0.500. The Bertz CT molecular complexity index is 352. The summed E-state index contributed by atoms with van der Waals surface area (Å²) in [6, 6.07) is 6.74. The van der Waals surface area contributed by atoms with Gasteiger partial charge in [0.05, 0.1) is 0 Å². The number of hydrogen-bond acceptors (Lipinski definition) is 2. The molecule has 1 unspecified atom stereocenters. The lowest BCUT2D eigenvalue weighted by molar-refractivity contribution is -0.196. The molecule has 96 valence electrons. The number of alkyl halides is 3. The molecule has 0 heterocycles. The van der Waals surface area contributed by atoms with Crippen LogP contribution in [0.2, 0.25) is 0 Å². The normalized spacial score (nSPS) is 13.5. The third-order valence-electron chi connectivity index (χ3n) is 2.42. The number of para-hydroxylation sites is 1. The first kappa shape index (κ1) is 13.8. The highest BCUT2D eigenvalue weighted by atomic mass is 19.4. The molecular weight excluding hydrogens is 231 g/mol. The van der Waals surface area contributed by atoms with Gasteiger partial charge in [-0.3, -0.25) is 0 Å². The third-order valence-corrected chi connectivity index (χ3v) is 2.42. The fourth-order valence-corrected chi connectivity index (χ4v) is 1.50. The van der Waals surface area contributed by atoms with E-state index in [0.29, 0.717) is 6.42 Å². The minimum atomic E-state index is -4.39. The number of halogens is 3. The van der Waals surface area contributed by atoms with Crippen molar-refractivity contribution in [2.45, 2.75) is 32.0 Å². The van der Waals surface area contributed by atoms with Crippen LogP contribution in [0.4, 0.5) is 13.2 Å². The smallest absolute Gasteiger partial charge is 0.425 e. The molecular formula is C12H16F3NO. The summed E-state index contributed by atoms with van der Waals surface area (Å²) in [5.74, 6) is 0.283. The van der Waals surface area contributed by atoms with E-state index in [1.165, 1.54) is 0 Å². The maximum Gasteiger partial charge on any atom is 0.425 e. The summed E-state index contributed by atoms with van der Waals surface area (Å²) in [5.41, 5.74) is 5.93. The SMILES string of the molecule is CCc1ccccc1OC(CCN)C(F)(F)F. The highest BCUT2D eigenvalue weighted by molar-refractivity contribution is 5.33. The van der Waals surface area contributed by atoms with Crippen LogP contribution in [0.1, 0.15) is 18.9 Å². The quantitative estimate of drug-likeness (QED) is 0.868. The van der Waals surface area contributed by atoms with Gasteiger partial charge in [-0.05, 0) is 24.6 Å². The molecule has 0 aromatic heterocycles. The topological polar surface area (TPSA) is 35.2 Å². The molecule has 2 nitrogen and oxygen atoms in total. The Balaban J connectivity index is 2.86. The van der Waals surface area contributed by atoms with Crippen LogP contribution in [0.5, 0.6) is 5.75 Å². The van der Waals surface area contributed by atoms with Crippen molar-refractivity contribution in [3.05, 3.63) is 29.8 Å². The Morgan fingerprint density at radius 1 is 1.29 bits per heavy atom. The van der Waals surface area contributed by atoms with Gasteiger partial charge in [-0.2, -0.15) is 13.2 Å². The summed E-state index contributed by atoms with van der Waals surface area (Å²) in [4.78, 5) is 0. The number of rotatable bonds is 5. The van der Waals surface area contributed by atoms with Crippen molar-refractivity contribution < 1.29 is 17.9 Å². The van der Waals surface area contributed by atoms with Gasteiger partial charge >= 0.3 is 6.18 Å². The largest absolute Gasteiger partial charge is 0.481 e. The van der Waals surface area contributed by atoms with E-state index < -0.39 is 12.3 Å². The molecule has 2 N–H and O–H groups in total. The predicted molar refractivity (Wildman–Crippen MR) is 60.0 cm³/mol. The molecule has 1 atom stereocenters. The van der Waals surface area contributed by atoms with Crippen LogP contribution in [0.3, 0.4) is 0 Å². The molecule has 0 bridgehead atoms. The minimum Gasteiger partial charge on any atom is -0.481 e. The Morgan fingerprint density at radius 2 is 1.94 bits per heavy atom. The zero-order valence-electron chi connectivity index (χ0n) is 9.63. The second kappa shape index (κ2) is 5.91. The van der Waals surface area contributed by atoms with Gasteiger partial charge < -0.3 is 10.5 Å². The van der Waals surface area contributed by atoms with E-state index in [1.807, 2.05) is 6.92 Å². The van der Waals surface area contributed by atoms with Crippen LogP contribution >= 0.6 is 0 Å². The molecule has 0 saturated carbocycles. The van der Waals surface area contributed by atoms with Gasteiger partial charge in [0.15, 0.2) is 6.10 Å². The summed E-state index contributed by atoms with van der Waals surface area (Å²) >= 11 is 0. The van der Waals surface area contributed by atoms with Crippen molar-refractivity contribution in [2.75, 3.05) is 6.54 Å². The number of benzene rings is 1. The van der Waals surface area contributed by atoms with Crippen LogP contribution in [0, 0.1) is 0 Å². The molecule has 0 aliphatic heterocycles. The Morgan fingerprint density at radius 3 is 2.47 bits per heavy atom. The molecule has 17 heavy (non-hydrogen) atoms. The van der Waals surface area contributed by atoms with E-state index >= 15 is 0 Å². The summed E-state index contributed by atoms with van der Waals surface area (Å²) < 4.78 is 43.0. The number of ether oxygens (including phenoxy) is 1. The van der Waals surface area contributed by atoms with Gasteiger partial charge in [0.25, 0.3) is 0 Å². The number of aryl methyl sites for hydroxylation is 1. The first-order chi connectivity index (χ1) is 7.99. The van der Waals surface area contributed by atoms with Crippen LogP contribution < -0.4 is 10.5 Å². The second-order valence-corrected chi connectivity index (χ2v) is 3.69. The average molecular weight is 247 g/mol.